The van der Waals surface area contributed by atoms with Crippen LogP contribution in [-0.2, 0) is 21.6 Å². The van der Waals surface area contributed by atoms with Crippen LogP contribution in [0.2, 0.25) is 0 Å². The number of hydrogen-bond donors (Lipinski definition) is 1. The number of hydrogen-bond acceptors (Lipinski definition) is 1. The molecular weight excluding hydrogens is 211 g/mol. The molecule has 0 spiro atoms. The van der Waals surface area contributed by atoms with E-state index in [0.717, 1.165) is 19.3 Å². The summed E-state index contributed by atoms with van der Waals surface area (Å²) < 4.78 is 0. The normalized spacial score (nSPS) is 20.4. The van der Waals surface area contributed by atoms with Crippen LogP contribution in [0.15, 0.2) is 0 Å². The first kappa shape index (κ1) is 13.0. The predicted molar refractivity (Wildman–Crippen MR) is 48.0 cm³/mol. The summed E-state index contributed by atoms with van der Waals surface area (Å²) in [4.78, 5) is 10.8. The first-order valence-electron chi connectivity index (χ1n) is 4.98. The van der Waals surface area contributed by atoms with Crippen molar-refractivity contribution in [1.82, 2.24) is 0 Å². The third kappa shape index (κ3) is 3.69. The molecule has 1 atom stereocenters. The minimum Gasteiger partial charge on any atom is -0.481 e. The average molecular weight is 229 g/mol. The average Bonchev–Trinajstić information content (AvgIpc) is 2.07. The minimum absolute atomic E-state index is 0. The van der Waals surface area contributed by atoms with E-state index in [1.54, 1.807) is 0 Å². The molecule has 3 heteroatoms. The van der Waals surface area contributed by atoms with Gasteiger partial charge in [-0.1, -0.05) is 26.2 Å². The van der Waals surface area contributed by atoms with Crippen molar-refractivity contribution in [3.8, 4) is 0 Å². The SMILES string of the molecule is CCC(C(=O)O)C1CCCCC1.[Co]. The van der Waals surface area contributed by atoms with Crippen LogP contribution < -0.4 is 0 Å². The minimum atomic E-state index is -0.593. The van der Waals surface area contributed by atoms with Crippen LogP contribution in [0.1, 0.15) is 45.4 Å². The van der Waals surface area contributed by atoms with E-state index in [9.17, 15) is 4.79 Å². The fourth-order valence-corrected chi connectivity index (χ4v) is 2.25. The molecule has 0 aliphatic heterocycles. The number of carbonyl (C=O) groups is 1. The molecule has 1 fully saturated rings. The van der Waals surface area contributed by atoms with Gasteiger partial charge in [-0.2, -0.15) is 0 Å². The van der Waals surface area contributed by atoms with E-state index < -0.39 is 5.97 Å². The van der Waals surface area contributed by atoms with Gasteiger partial charge in [-0.15, -0.1) is 0 Å². The van der Waals surface area contributed by atoms with E-state index >= 15 is 0 Å². The van der Waals surface area contributed by atoms with E-state index in [1.165, 1.54) is 19.3 Å². The van der Waals surface area contributed by atoms with E-state index in [4.69, 9.17) is 5.11 Å². The summed E-state index contributed by atoms with van der Waals surface area (Å²) in [6.07, 6.45) is 6.81. The Hall–Kier alpha value is -0.0235. The maximum absolute atomic E-state index is 10.8. The third-order valence-corrected chi connectivity index (χ3v) is 2.98. The second kappa shape index (κ2) is 6.43. The molecule has 1 saturated carbocycles. The van der Waals surface area contributed by atoms with Crippen molar-refractivity contribution in [1.29, 1.82) is 0 Å². The van der Waals surface area contributed by atoms with Crippen molar-refractivity contribution in [2.24, 2.45) is 11.8 Å². The molecule has 0 aromatic heterocycles. The standard InChI is InChI=1S/C10H18O2.Co/c1-2-9(10(11)12)8-6-4-3-5-7-8;/h8-9H,2-7H2,1H3,(H,11,12);. The molecule has 2 nitrogen and oxygen atoms in total. The summed E-state index contributed by atoms with van der Waals surface area (Å²) in [6.45, 7) is 1.98. The van der Waals surface area contributed by atoms with Crippen LogP contribution in [-0.4, -0.2) is 11.1 Å². The summed E-state index contributed by atoms with van der Waals surface area (Å²) in [5.74, 6) is -0.212. The monoisotopic (exact) mass is 229 g/mol. The van der Waals surface area contributed by atoms with Crippen LogP contribution >= 0.6 is 0 Å². The molecule has 0 saturated heterocycles. The summed E-state index contributed by atoms with van der Waals surface area (Å²) >= 11 is 0. The Kier molecular flexibility index (Phi) is 6.42. The predicted octanol–water partition coefficient (Wildman–Crippen LogP) is 2.68. The molecule has 0 bridgehead atoms. The zero-order valence-electron chi connectivity index (χ0n) is 8.09. The van der Waals surface area contributed by atoms with Gasteiger partial charge in [0.05, 0.1) is 5.92 Å². The van der Waals surface area contributed by atoms with Crippen molar-refractivity contribution >= 4 is 5.97 Å². The second-order valence-corrected chi connectivity index (χ2v) is 3.75. The molecule has 0 amide bonds. The van der Waals surface area contributed by atoms with Crippen LogP contribution in [0.3, 0.4) is 0 Å². The Balaban J connectivity index is 0.00000144. The summed E-state index contributed by atoms with van der Waals surface area (Å²) in [5, 5.41) is 8.93. The number of aliphatic carboxylic acids is 1. The van der Waals surface area contributed by atoms with Crippen LogP contribution in [0.25, 0.3) is 0 Å². The molecule has 1 aliphatic rings. The molecule has 1 radical (unpaired) electrons. The van der Waals surface area contributed by atoms with Gasteiger partial charge < -0.3 is 5.11 Å². The molecule has 79 valence electrons. The molecule has 1 aliphatic carbocycles. The van der Waals surface area contributed by atoms with Crippen molar-refractivity contribution in [3.05, 3.63) is 0 Å². The summed E-state index contributed by atoms with van der Waals surface area (Å²) in [5.41, 5.74) is 0. The van der Waals surface area contributed by atoms with Crippen molar-refractivity contribution in [2.75, 3.05) is 0 Å². The van der Waals surface area contributed by atoms with Crippen molar-refractivity contribution < 1.29 is 26.7 Å². The number of rotatable bonds is 3. The van der Waals surface area contributed by atoms with Crippen molar-refractivity contribution in [2.45, 2.75) is 45.4 Å². The molecule has 13 heavy (non-hydrogen) atoms. The smallest absolute Gasteiger partial charge is 0.306 e. The summed E-state index contributed by atoms with van der Waals surface area (Å²) in [7, 11) is 0. The topological polar surface area (TPSA) is 37.3 Å². The van der Waals surface area contributed by atoms with Crippen molar-refractivity contribution in [3.63, 3.8) is 0 Å². The summed E-state index contributed by atoms with van der Waals surface area (Å²) in [6, 6.07) is 0. The molecule has 1 rings (SSSR count). The first-order chi connectivity index (χ1) is 5.75. The fourth-order valence-electron chi connectivity index (χ4n) is 2.25. The van der Waals surface area contributed by atoms with Gasteiger partial charge in [-0.25, -0.2) is 0 Å². The molecule has 1 N–H and O–H groups in total. The molecule has 0 aromatic carbocycles. The molecular formula is C10H18CoO2. The van der Waals surface area contributed by atoms with Gasteiger partial charge in [0, 0.05) is 16.8 Å². The Morgan fingerprint density at radius 1 is 1.38 bits per heavy atom. The Labute approximate surface area is 90.3 Å². The zero-order chi connectivity index (χ0) is 8.97. The Morgan fingerprint density at radius 2 is 1.92 bits per heavy atom. The van der Waals surface area contributed by atoms with Crippen LogP contribution in [0.4, 0.5) is 0 Å². The van der Waals surface area contributed by atoms with E-state index in [-0.39, 0.29) is 22.7 Å². The quantitative estimate of drug-likeness (QED) is 0.807. The van der Waals surface area contributed by atoms with E-state index in [1.807, 2.05) is 6.92 Å². The maximum Gasteiger partial charge on any atom is 0.306 e. The van der Waals surface area contributed by atoms with Gasteiger partial charge in [0.25, 0.3) is 0 Å². The van der Waals surface area contributed by atoms with Gasteiger partial charge in [-0.05, 0) is 25.2 Å². The Morgan fingerprint density at radius 3 is 2.31 bits per heavy atom. The van der Waals surface area contributed by atoms with E-state index in [0.29, 0.717) is 5.92 Å². The van der Waals surface area contributed by atoms with Gasteiger partial charge in [-0.3, -0.25) is 4.79 Å². The molecule has 1 unspecified atom stereocenters. The van der Waals surface area contributed by atoms with Crippen LogP contribution in [0.5, 0.6) is 0 Å². The molecule has 0 heterocycles. The first-order valence-corrected chi connectivity index (χ1v) is 4.98. The maximum atomic E-state index is 10.8. The Bertz CT molecular complexity index is 153. The third-order valence-electron chi connectivity index (χ3n) is 2.98. The zero-order valence-corrected chi connectivity index (χ0v) is 9.13. The van der Waals surface area contributed by atoms with E-state index in [2.05, 4.69) is 0 Å². The van der Waals surface area contributed by atoms with Crippen LogP contribution in [0, 0.1) is 11.8 Å². The van der Waals surface area contributed by atoms with Gasteiger partial charge in [0.15, 0.2) is 0 Å². The number of carboxylic acids is 1. The van der Waals surface area contributed by atoms with Gasteiger partial charge in [0.2, 0.25) is 0 Å². The fraction of sp³-hybridized carbons (Fsp3) is 0.900. The molecule has 0 aromatic rings. The largest absolute Gasteiger partial charge is 0.481 e. The second-order valence-electron chi connectivity index (χ2n) is 3.75. The van der Waals surface area contributed by atoms with Gasteiger partial charge in [0.1, 0.15) is 0 Å². The van der Waals surface area contributed by atoms with Gasteiger partial charge >= 0.3 is 5.97 Å². The number of carboxylic acid groups (broad SMARTS) is 1.